The minimum absolute atomic E-state index is 0.0764. The Morgan fingerprint density at radius 2 is 1.29 bits per heavy atom. The zero-order valence-electron chi connectivity index (χ0n) is 14.9. The fourth-order valence-corrected chi connectivity index (χ4v) is 3.23. The third-order valence-electron chi connectivity index (χ3n) is 4.66. The average molecular weight is 370 g/mol. The molecule has 0 spiro atoms. The van der Waals surface area contributed by atoms with Crippen molar-refractivity contribution in [2.75, 3.05) is 0 Å². The minimum atomic E-state index is -0.331. The van der Waals surface area contributed by atoms with Crippen LogP contribution in [0.15, 0.2) is 91.0 Å². The van der Waals surface area contributed by atoms with Gasteiger partial charge >= 0.3 is 0 Å². The van der Waals surface area contributed by atoms with Crippen LogP contribution in [0.2, 0.25) is 0 Å². The summed E-state index contributed by atoms with van der Waals surface area (Å²) in [4.78, 5) is 12.4. The zero-order chi connectivity index (χ0) is 19.5. The van der Waals surface area contributed by atoms with Crippen LogP contribution < -0.4 is 0 Å². The predicted molar refractivity (Wildman–Crippen MR) is 108 cm³/mol. The van der Waals surface area contributed by atoms with Crippen LogP contribution in [0, 0.1) is 11.6 Å². The molecule has 0 aliphatic heterocycles. The van der Waals surface area contributed by atoms with Crippen LogP contribution in [0.5, 0.6) is 0 Å². The van der Waals surface area contributed by atoms with E-state index in [1.807, 2.05) is 30.3 Å². The van der Waals surface area contributed by atoms with Gasteiger partial charge in [0, 0.05) is 5.57 Å². The Bertz CT molecular complexity index is 1070. The Hall–Kier alpha value is -3.59. The maximum atomic E-state index is 13.4. The van der Waals surface area contributed by atoms with Gasteiger partial charge in [0.2, 0.25) is 0 Å². The average Bonchev–Trinajstić information content (AvgIpc) is 2.72. The molecule has 0 saturated heterocycles. The van der Waals surface area contributed by atoms with Gasteiger partial charge in [0.05, 0.1) is 0 Å². The standard InChI is InChI=1S/C25H16F2O/c26-20-10-5-18(6-11-20)22(19-7-12-21(27)13-8-19)14-15-24-23-4-2-1-3-17(23)9-16-25(24)28/h1-16H/b24-15-. The van der Waals surface area contributed by atoms with E-state index in [2.05, 4.69) is 0 Å². The van der Waals surface area contributed by atoms with E-state index >= 15 is 0 Å². The molecule has 0 aromatic heterocycles. The van der Waals surface area contributed by atoms with Crippen LogP contribution in [0.4, 0.5) is 8.78 Å². The molecule has 0 radical (unpaired) electrons. The van der Waals surface area contributed by atoms with Gasteiger partial charge in [0.15, 0.2) is 5.78 Å². The summed E-state index contributed by atoms with van der Waals surface area (Å²) in [5, 5.41) is 0. The van der Waals surface area contributed by atoms with Gasteiger partial charge < -0.3 is 0 Å². The van der Waals surface area contributed by atoms with E-state index in [9.17, 15) is 13.6 Å². The first kappa shape index (κ1) is 17.8. The van der Waals surface area contributed by atoms with Crippen molar-refractivity contribution in [2.24, 2.45) is 0 Å². The van der Waals surface area contributed by atoms with Crippen molar-refractivity contribution in [3.63, 3.8) is 0 Å². The lowest BCUT2D eigenvalue weighted by atomic mass is 9.90. The molecular formula is C25H16F2O. The van der Waals surface area contributed by atoms with Crippen LogP contribution in [-0.2, 0) is 4.79 Å². The number of allylic oxidation sites excluding steroid dienone is 4. The minimum Gasteiger partial charge on any atom is -0.289 e. The van der Waals surface area contributed by atoms with Crippen molar-refractivity contribution in [3.05, 3.63) is 125 Å². The van der Waals surface area contributed by atoms with E-state index in [0.29, 0.717) is 5.57 Å². The molecule has 136 valence electrons. The van der Waals surface area contributed by atoms with Crippen LogP contribution >= 0.6 is 0 Å². The molecule has 1 aliphatic rings. The maximum Gasteiger partial charge on any atom is 0.186 e. The van der Waals surface area contributed by atoms with Crippen LogP contribution in [0.3, 0.4) is 0 Å². The molecule has 0 saturated carbocycles. The van der Waals surface area contributed by atoms with Gasteiger partial charge in [-0.05, 0) is 64.2 Å². The predicted octanol–water partition coefficient (Wildman–Crippen LogP) is 6.08. The molecule has 1 nitrogen and oxygen atoms in total. The molecule has 3 aromatic carbocycles. The Morgan fingerprint density at radius 3 is 1.89 bits per heavy atom. The Labute approximate surface area is 162 Å². The van der Waals surface area contributed by atoms with Gasteiger partial charge in [-0.15, -0.1) is 0 Å². The van der Waals surface area contributed by atoms with Crippen molar-refractivity contribution in [1.29, 1.82) is 0 Å². The highest BCUT2D eigenvalue weighted by molar-refractivity contribution is 6.30. The lowest BCUT2D eigenvalue weighted by Gasteiger charge is -2.13. The molecule has 0 atom stereocenters. The third kappa shape index (κ3) is 3.60. The third-order valence-corrected chi connectivity index (χ3v) is 4.66. The van der Waals surface area contributed by atoms with Gasteiger partial charge in [-0.3, -0.25) is 4.79 Å². The highest BCUT2D eigenvalue weighted by Crippen LogP contribution is 2.29. The molecule has 0 unspecified atom stereocenters. The first-order chi connectivity index (χ1) is 13.6. The summed E-state index contributed by atoms with van der Waals surface area (Å²) in [6, 6.07) is 19.9. The van der Waals surface area contributed by atoms with Gasteiger partial charge in [0.1, 0.15) is 11.6 Å². The number of rotatable bonds is 3. The summed E-state index contributed by atoms with van der Waals surface area (Å²) >= 11 is 0. The van der Waals surface area contributed by atoms with Gasteiger partial charge in [-0.2, -0.15) is 0 Å². The van der Waals surface area contributed by atoms with E-state index in [0.717, 1.165) is 27.8 Å². The largest absolute Gasteiger partial charge is 0.289 e. The number of fused-ring (bicyclic) bond motifs is 1. The summed E-state index contributed by atoms with van der Waals surface area (Å²) in [7, 11) is 0. The fraction of sp³-hybridized carbons (Fsp3) is 0. The number of ketones is 1. The van der Waals surface area contributed by atoms with E-state index in [1.54, 1.807) is 42.5 Å². The topological polar surface area (TPSA) is 17.1 Å². The molecule has 1 aliphatic carbocycles. The first-order valence-corrected chi connectivity index (χ1v) is 8.87. The summed E-state index contributed by atoms with van der Waals surface area (Å²) in [5.41, 5.74) is 4.75. The normalized spacial score (nSPS) is 14.1. The van der Waals surface area contributed by atoms with Crippen molar-refractivity contribution in [2.45, 2.75) is 0 Å². The highest BCUT2D eigenvalue weighted by Gasteiger charge is 2.16. The second kappa shape index (κ2) is 7.57. The fourth-order valence-electron chi connectivity index (χ4n) is 3.23. The number of halogens is 2. The Kier molecular flexibility index (Phi) is 4.81. The molecule has 0 fully saturated rings. The zero-order valence-corrected chi connectivity index (χ0v) is 14.9. The van der Waals surface area contributed by atoms with Crippen LogP contribution in [0.1, 0.15) is 22.3 Å². The Balaban J connectivity index is 1.84. The van der Waals surface area contributed by atoms with Crippen LogP contribution in [-0.4, -0.2) is 5.78 Å². The first-order valence-electron chi connectivity index (χ1n) is 8.87. The molecule has 0 N–H and O–H groups in total. The van der Waals surface area contributed by atoms with Gasteiger partial charge in [-0.1, -0.05) is 60.7 Å². The maximum absolute atomic E-state index is 13.4. The summed E-state index contributed by atoms with van der Waals surface area (Å²) in [6.07, 6.45) is 6.95. The SMILES string of the molecule is O=C1C=Cc2ccccc2/C1=C/C=C(c1ccc(F)cc1)c1ccc(F)cc1. The number of hydrogen-bond donors (Lipinski definition) is 0. The molecule has 3 aromatic rings. The monoisotopic (exact) mass is 370 g/mol. The smallest absolute Gasteiger partial charge is 0.186 e. The second-order valence-electron chi connectivity index (χ2n) is 6.46. The quantitative estimate of drug-likeness (QED) is 0.511. The van der Waals surface area contributed by atoms with Crippen LogP contribution in [0.25, 0.3) is 17.2 Å². The molecule has 0 heterocycles. The number of carbonyl (C=O) groups is 1. The molecule has 0 amide bonds. The molecule has 28 heavy (non-hydrogen) atoms. The van der Waals surface area contributed by atoms with E-state index < -0.39 is 0 Å². The Morgan fingerprint density at radius 1 is 0.714 bits per heavy atom. The van der Waals surface area contributed by atoms with Gasteiger partial charge in [0.25, 0.3) is 0 Å². The summed E-state index contributed by atoms with van der Waals surface area (Å²) < 4.78 is 26.7. The van der Waals surface area contributed by atoms with Crippen molar-refractivity contribution >= 4 is 23.0 Å². The molecular weight excluding hydrogens is 354 g/mol. The summed E-state index contributed by atoms with van der Waals surface area (Å²) in [6.45, 7) is 0. The van der Waals surface area contributed by atoms with E-state index in [1.165, 1.54) is 24.3 Å². The van der Waals surface area contributed by atoms with E-state index in [-0.39, 0.29) is 17.4 Å². The lowest BCUT2D eigenvalue weighted by molar-refractivity contribution is -0.109. The van der Waals surface area contributed by atoms with Gasteiger partial charge in [-0.25, -0.2) is 8.78 Å². The number of hydrogen-bond acceptors (Lipinski definition) is 1. The molecule has 4 rings (SSSR count). The van der Waals surface area contributed by atoms with Crippen molar-refractivity contribution in [3.8, 4) is 0 Å². The molecule has 0 bridgehead atoms. The number of benzene rings is 3. The summed E-state index contributed by atoms with van der Waals surface area (Å²) in [5.74, 6) is -0.739. The van der Waals surface area contributed by atoms with Crippen molar-refractivity contribution in [1.82, 2.24) is 0 Å². The lowest BCUT2D eigenvalue weighted by Crippen LogP contribution is -2.04. The van der Waals surface area contributed by atoms with Crippen molar-refractivity contribution < 1.29 is 13.6 Å². The van der Waals surface area contributed by atoms with E-state index in [4.69, 9.17) is 0 Å². The molecule has 3 heteroatoms. The highest BCUT2D eigenvalue weighted by atomic mass is 19.1. The number of carbonyl (C=O) groups excluding carboxylic acids is 1. The second-order valence-corrected chi connectivity index (χ2v) is 6.46.